The minimum Gasteiger partial charge on any atom is -0.306 e. The van der Waals surface area contributed by atoms with E-state index >= 15 is 0 Å². The van der Waals surface area contributed by atoms with Crippen molar-refractivity contribution in [2.24, 2.45) is 0 Å². The third-order valence-electron chi connectivity index (χ3n) is 3.31. The molecule has 0 aromatic carbocycles. The lowest BCUT2D eigenvalue weighted by atomic mass is 10.3. The summed E-state index contributed by atoms with van der Waals surface area (Å²) in [4.78, 5) is 25.9. The van der Waals surface area contributed by atoms with Crippen LogP contribution in [-0.2, 0) is 11.3 Å². The fourth-order valence-electron chi connectivity index (χ4n) is 2.07. The summed E-state index contributed by atoms with van der Waals surface area (Å²) in [6.45, 7) is 5.30. The first-order valence-corrected chi connectivity index (χ1v) is 6.45. The van der Waals surface area contributed by atoms with Crippen LogP contribution in [0, 0.1) is 6.92 Å². The average molecular weight is 264 g/mol. The molecule has 0 spiro atoms. The second kappa shape index (κ2) is 5.99. The van der Waals surface area contributed by atoms with Crippen LogP contribution < -0.4 is 11.0 Å². The quantitative estimate of drug-likeness (QED) is 0.795. The minimum atomic E-state index is -0.155. The van der Waals surface area contributed by atoms with Crippen molar-refractivity contribution < 1.29 is 4.79 Å². The van der Waals surface area contributed by atoms with Gasteiger partial charge in [0.2, 0.25) is 0 Å². The maximum atomic E-state index is 11.9. The molecule has 0 atom stereocenters. The highest BCUT2D eigenvalue weighted by atomic mass is 16.2. The van der Waals surface area contributed by atoms with Gasteiger partial charge in [-0.05, 0) is 20.0 Å². The molecule has 1 aromatic rings. The number of carbonyl (C=O) groups excluding carboxylic acids is 1. The van der Waals surface area contributed by atoms with Gasteiger partial charge in [0.05, 0.1) is 0 Å². The van der Waals surface area contributed by atoms with Gasteiger partial charge in [0, 0.05) is 37.9 Å². The molecule has 0 bridgehead atoms. The standard InChI is InChI=1S/C13H20N4O2/c1-11-4-3-5-16(13(11)19)10-12(18)14-17-8-6-15(2)7-9-17/h3-5H,6-10H2,1-2H3,(H,14,18). The smallest absolute Gasteiger partial charge is 0.254 e. The number of nitrogens with zero attached hydrogens (tertiary/aromatic N) is 3. The number of carbonyl (C=O) groups is 1. The zero-order valence-corrected chi connectivity index (χ0v) is 11.4. The van der Waals surface area contributed by atoms with Crippen molar-refractivity contribution in [3.8, 4) is 0 Å². The molecule has 19 heavy (non-hydrogen) atoms. The van der Waals surface area contributed by atoms with Gasteiger partial charge >= 0.3 is 0 Å². The summed E-state index contributed by atoms with van der Waals surface area (Å²) >= 11 is 0. The Morgan fingerprint density at radius 3 is 2.68 bits per heavy atom. The van der Waals surface area contributed by atoms with Crippen LogP contribution in [0.3, 0.4) is 0 Å². The Bertz CT molecular complexity index is 504. The zero-order valence-electron chi connectivity index (χ0n) is 11.4. The van der Waals surface area contributed by atoms with Gasteiger partial charge in [0.1, 0.15) is 6.54 Å². The number of amides is 1. The molecule has 1 aromatic heterocycles. The van der Waals surface area contributed by atoms with E-state index in [9.17, 15) is 9.59 Å². The van der Waals surface area contributed by atoms with Gasteiger partial charge < -0.3 is 9.47 Å². The first kappa shape index (κ1) is 13.8. The third kappa shape index (κ3) is 3.65. The number of aryl methyl sites for hydroxylation is 1. The van der Waals surface area contributed by atoms with E-state index in [4.69, 9.17) is 0 Å². The average Bonchev–Trinajstić information content (AvgIpc) is 2.38. The molecule has 6 heteroatoms. The van der Waals surface area contributed by atoms with Gasteiger partial charge in [-0.3, -0.25) is 15.0 Å². The molecule has 6 nitrogen and oxygen atoms in total. The summed E-state index contributed by atoms with van der Waals surface area (Å²) in [6.07, 6.45) is 1.64. The predicted molar refractivity (Wildman–Crippen MR) is 72.7 cm³/mol. The number of pyridine rings is 1. The Hall–Kier alpha value is -1.66. The van der Waals surface area contributed by atoms with Crippen molar-refractivity contribution in [2.45, 2.75) is 13.5 Å². The van der Waals surface area contributed by atoms with E-state index in [0.29, 0.717) is 5.56 Å². The topological polar surface area (TPSA) is 57.6 Å². The maximum absolute atomic E-state index is 11.9. The first-order valence-electron chi connectivity index (χ1n) is 6.45. The van der Waals surface area contributed by atoms with Crippen LogP contribution >= 0.6 is 0 Å². The van der Waals surface area contributed by atoms with E-state index < -0.39 is 0 Å². The minimum absolute atomic E-state index is 0.0624. The van der Waals surface area contributed by atoms with Crippen LogP contribution in [0.2, 0.25) is 0 Å². The summed E-state index contributed by atoms with van der Waals surface area (Å²) in [5, 5.41) is 1.91. The lowest BCUT2D eigenvalue weighted by Gasteiger charge is -2.32. The largest absolute Gasteiger partial charge is 0.306 e. The van der Waals surface area contributed by atoms with E-state index in [-0.39, 0.29) is 18.0 Å². The van der Waals surface area contributed by atoms with E-state index in [0.717, 1.165) is 26.2 Å². The molecular weight excluding hydrogens is 244 g/mol. The van der Waals surface area contributed by atoms with Crippen molar-refractivity contribution in [2.75, 3.05) is 33.2 Å². The Kier molecular flexibility index (Phi) is 4.34. The van der Waals surface area contributed by atoms with Gasteiger partial charge in [-0.15, -0.1) is 0 Å². The molecule has 0 radical (unpaired) electrons. The number of hydrogen-bond donors (Lipinski definition) is 1. The molecule has 0 unspecified atom stereocenters. The molecule has 1 amide bonds. The number of aromatic nitrogens is 1. The summed E-state index contributed by atoms with van der Waals surface area (Å²) in [6, 6.07) is 3.52. The molecular formula is C13H20N4O2. The lowest BCUT2D eigenvalue weighted by molar-refractivity contribution is -0.127. The predicted octanol–water partition coefficient (Wildman–Crippen LogP) is -0.565. The van der Waals surface area contributed by atoms with Crippen molar-refractivity contribution in [1.29, 1.82) is 0 Å². The van der Waals surface area contributed by atoms with Gasteiger partial charge in [-0.1, -0.05) is 6.07 Å². The Morgan fingerprint density at radius 1 is 1.32 bits per heavy atom. The van der Waals surface area contributed by atoms with Crippen molar-refractivity contribution in [3.05, 3.63) is 34.2 Å². The van der Waals surface area contributed by atoms with Crippen LogP contribution in [0.4, 0.5) is 0 Å². The normalized spacial score (nSPS) is 17.4. The van der Waals surface area contributed by atoms with Crippen molar-refractivity contribution in [1.82, 2.24) is 19.9 Å². The molecule has 1 aliphatic heterocycles. The highest BCUT2D eigenvalue weighted by molar-refractivity contribution is 5.75. The monoisotopic (exact) mass is 264 g/mol. The first-order chi connectivity index (χ1) is 9.06. The molecule has 2 rings (SSSR count). The zero-order chi connectivity index (χ0) is 13.8. The molecule has 2 heterocycles. The van der Waals surface area contributed by atoms with Crippen LogP contribution in [-0.4, -0.2) is 53.6 Å². The van der Waals surface area contributed by atoms with E-state index in [1.165, 1.54) is 4.57 Å². The van der Waals surface area contributed by atoms with Crippen LogP contribution in [0.25, 0.3) is 0 Å². The Morgan fingerprint density at radius 2 is 2.00 bits per heavy atom. The van der Waals surface area contributed by atoms with Crippen LogP contribution in [0.5, 0.6) is 0 Å². The van der Waals surface area contributed by atoms with Gasteiger partial charge in [0.15, 0.2) is 0 Å². The van der Waals surface area contributed by atoms with Crippen molar-refractivity contribution in [3.63, 3.8) is 0 Å². The maximum Gasteiger partial charge on any atom is 0.254 e. The van der Waals surface area contributed by atoms with E-state index in [1.807, 2.05) is 5.01 Å². The molecule has 1 fully saturated rings. The summed E-state index contributed by atoms with van der Waals surface area (Å²) in [5.74, 6) is -0.155. The number of rotatable bonds is 3. The molecule has 1 N–H and O–H groups in total. The number of hydrogen-bond acceptors (Lipinski definition) is 4. The van der Waals surface area contributed by atoms with Gasteiger partial charge in [0.25, 0.3) is 11.5 Å². The Labute approximate surface area is 112 Å². The van der Waals surface area contributed by atoms with Crippen LogP contribution in [0.1, 0.15) is 5.56 Å². The number of likely N-dealkylation sites (N-methyl/N-ethyl adjacent to an activating group) is 1. The molecule has 0 saturated carbocycles. The third-order valence-corrected chi connectivity index (χ3v) is 3.31. The van der Waals surface area contributed by atoms with Gasteiger partial charge in [-0.25, -0.2) is 5.01 Å². The van der Waals surface area contributed by atoms with Gasteiger partial charge in [-0.2, -0.15) is 0 Å². The fourth-order valence-corrected chi connectivity index (χ4v) is 2.07. The van der Waals surface area contributed by atoms with E-state index in [2.05, 4.69) is 17.4 Å². The second-order valence-electron chi connectivity index (χ2n) is 4.95. The summed E-state index contributed by atoms with van der Waals surface area (Å²) < 4.78 is 1.43. The number of hydrazine groups is 1. The highest BCUT2D eigenvalue weighted by Crippen LogP contribution is 1.96. The molecule has 0 aliphatic carbocycles. The SMILES string of the molecule is Cc1cccn(CC(=O)NN2CCN(C)CC2)c1=O. The summed E-state index contributed by atoms with van der Waals surface area (Å²) in [5.41, 5.74) is 3.38. The molecule has 1 aliphatic rings. The van der Waals surface area contributed by atoms with Crippen LogP contribution in [0.15, 0.2) is 23.1 Å². The molecule has 1 saturated heterocycles. The fraction of sp³-hybridized carbons (Fsp3) is 0.538. The number of piperazine rings is 1. The molecule has 104 valence electrons. The summed E-state index contributed by atoms with van der Waals surface area (Å²) in [7, 11) is 2.06. The van der Waals surface area contributed by atoms with E-state index in [1.54, 1.807) is 25.3 Å². The highest BCUT2D eigenvalue weighted by Gasteiger charge is 2.15. The van der Waals surface area contributed by atoms with Crippen molar-refractivity contribution >= 4 is 5.91 Å². The second-order valence-corrected chi connectivity index (χ2v) is 4.95. The Balaban J connectivity index is 1.91. The lowest BCUT2D eigenvalue weighted by Crippen LogP contribution is -2.53. The number of nitrogens with one attached hydrogen (secondary N) is 1.